The Hall–Kier alpha value is -3.22. The summed E-state index contributed by atoms with van der Waals surface area (Å²) in [6.07, 6.45) is 0. The third-order valence-corrected chi connectivity index (χ3v) is 5.68. The van der Waals surface area contributed by atoms with Gasteiger partial charge in [-0.05, 0) is 42.5 Å². The maximum absolute atomic E-state index is 12.8. The summed E-state index contributed by atoms with van der Waals surface area (Å²) in [7, 11) is 0. The number of amides is 1. The van der Waals surface area contributed by atoms with Gasteiger partial charge in [0, 0.05) is 16.8 Å². The molecular formula is C22H15ClN2O3S. The van der Waals surface area contributed by atoms with E-state index in [2.05, 4.69) is 5.32 Å². The number of rotatable bonds is 5. The molecule has 0 saturated heterocycles. The molecule has 0 fully saturated rings. The van der Waals surface area contributed by atoms with Crippen LogP contribution >= 0.6 is 22.9 Å². The van der Waals surface area contributed by atoms with Crippen molar-refractivity contribution in [1.82, 2.24) is 4.57 Å². The number of nitrogens with one attached hydrogen (secondary N) is 1. The predicted molar refractivity (Wildman–Crippen MR) is 116 cm³/mol. The number of carbonyl (C=O) groups is 2. The molecule has 29 heavy (non-hydrogen) atoms. The fraction of sp³-hybridized carbons (Fsp3) is 0.0455. The normalized spacial score (nSPS) is 10.8. The molecule has 3 aromatic carbocycles. The van der Waals surface area contributed by atoms with E-state index in [0.717, 1.165) is 11.3 Å². The average Bonchev–Trinajstić information content (AvgIpc) is 3.03. The number of thiazole rings is 1. The van der Waals surface area contributed by atoms with E-state index in [4.69, 9.17) is 11.6 Å². The highest BCUT2D eigenvalue weighted by Gasteiger charge is 2.16. The number of ketones is 1. The maximum atomic E-state index is 12.8. The molecule has 1 amide bonds. The molecule has 7 heteroatoms. The lowest BCUT2D eigenvalue weighted by molar-refractivity contribution is -0.116. The van der Waals surface area contributed by atoms with Gasteiger partial charge in [-0.25, -0.2) is 0 Å². The van der Waals surface area contributed by atoms with Crippen LogP contribution in [0.1, 0.15) is 15.9 Å². The number of fused-ring (bicyclic) bond motifs is 1. The Kier molecular flexibility index (Phi) is 5.29. The van der Waals surface area contributed by atoms with Crippen LogP contribution in [0.5, 0.6) is 0 Å². The second-order valence-corrected chi connectivity index (χ2v) is 7.76. The van der Waals surface area contributed by atoms with Crippen molar-refractivity contribution in [1.29, 1.82) is 0 Å². The molecule has 0 aliphatic heterocycles. The average molecular weight is 423 g/mol. The van der Waals surface area contributed by atoms with E-state index in [1.54, 1.807) is 54.6 Å². The third kappa shape index (κ3) is 3.99. The summed E-state index contributed by atoms with van der Waals surface area (Å²) in [5, 5.41) is 3.14. The highest BCUT2D eigenvalue weighted by atomic mass is 35.5. The molecular weight excluding hydrogens is 408 g/mol. The fourth-order valence-electron chi connectivity index (χ4n) is 3.02. The lowest BCUT2D eigenvalue weighted by atomic mass is 10.0. The lowest BCUT2D eigenvalue weighted by Crippen LogP contribution is -2.24. The molecule has 0 radical (unpaired) electrons. The summed E-state index contributed by atoms with van der Waals surface area (Å²) >= 11 is 7.12. The third-order valence-electron chi connectivity index (χ3n) is 4.41. The van der Waals surface area contributed by atoms with Crippen molar-refractivity contribution in [3.05, 3.63) is 98.6 Å². The smallest absolute Gasteiger partial charge is 0.308 e. The number of benzene rings is 3. The van der Waals surface area contributed by atoms with Gasteiger partial charge in [0.05, 0.1) is 15.2 Å². The summed E-state index contributed by atoms with van der Waals surface area (Å²) in [6, 6.07) is 20.9. The van der Waals surface area contributed by atoms with E-state index in [1.807, 2.05) is 18.2 Å². The lowest BCUT2D eigenvalue weighted by Gasteiger charge is -2.07. The van der Waals surface area contributed by atoms with Gasteiger partial charge in [-0.1, -0.05) is 53.3 Å². The number of aromatic nitrogens is 1. The van der Waals surface area contributed by atoms with Crippen LogP contribution in [0.15, 0.2) is 77.6 Å². The molecule has 0 unspecified atom stereocenters. The van der Waals surface area contributed by atoms with E-state index < -0.39 is 0 Å². The standard InChI is InChI=1S/C22H15ClN2O3S/c23-17-9-5-4-8-16(17)21(27)14-10-11-18-19(12-14)29-22(28)25(18)13-20(26)24-15-6-2-1-3-7-15/h1-12H,13H2,(H,24,26). The topological polar surface area (TPSA) is 68.2 Å². The largest absolute Gasteiger partial charge is 0.325 e. The van der Waals surface area contributed by atoms with Crippen LogP contribution in [-0.4, -0.2) is 16.3 Å². The number of nitrogens with zero attached hydrogens (tertiary/aromatic N) is 1. The minimum Gasteiger partial charge on any atom is -0.325 e. The Labute approximate surface area is 175 Å². The second-order valence-electron chi connectivity index (χ2n) is 6.36. The molecule has 0 atom stereocenters. The number of hydrogen-bond acceptors (Lipinski definition) is 4. The maximum Gasteiger partial charge on any atom is 0.308 e. The quantitative estimate of drug-likeness (QED) is 0.478. The van der Waals surface area contributed by atoms with Crippen molar-refractivity contribution in [2.24, 2.45) is 0 Å². The van der Waals surface area contributed by atoms with E-state index in [9.17, 15) is 14.4 Å². The highest BCUT2D eigenvalue weighted by Crippen LogP contribution is 2.24. The van der Waals surface area contributed by atoms with Crippen LogP contribution in [0.2, 0.25) is 5.02 Å². The monoisotopic (exact) mass is 422 g/mol. The molecule has 5 nitrogen and oxygen atoms in total. The van der Waals surface area contributed by atoms with Crippen molar-refractivity contribution in [3.63, 3.8) is 0 Å². The first-order valence-electron chi connectivity index (χ1n) is 8.80. The first-order valence-corrected chi connectivity index (χ1v) is 10.00. The van der Waals surface area contributed by atoms with Gasteiger partial charge < -0.3 is 5.32 Å². The van der Waals surface area contributed by atoms with Gasteiger partial charge in [0.15, 0.2) is 5.78 Å². The number of carbonyl (C=O) groups excluding carboxylic acids is 2. The van der Waals surface area contributed by atoms with Crippen LogP contribution < -0.4 is 10.2 Å². The van der Waals surface area contributed by atoms with E-state index in [1.165, 1.54) is 4.57 Å². The SMILES string of the molecule is O=C(Cn1c(=O)sc2cc(C(=O)c3ccccc3Cl)ccc21)Nc1ccccc1. The fourth-order valence-corrected chi connectivity index (χ4v) is 4.18. The number of para-hydroxylation sites is 1. The van der Waals surface area contributed by atoms with E-state index >= 15 is 0 Å². The van der Waals surface area contributed by atoms with E-state index in [0.29, 0.717) is 32.1 Å². The van der Waals surface area contributed by atoms with Gasteiger partial charge in [-0.15, -0.1) is 0 Å². The molecule has 4 rings (SSSR count). The Morgan fingerprint density at radius 2 is 1.69 bits per heavy atom. The van der Waals surface area contributed by atoms with Crippen molar-refractivity contribution in [2.45, 2.75) is 6.54 Å². The summed E-state index contributed by atoms with van der Waals surface area (Å²) in [6.45, 7) is -0.106. The Balaban J connectivity index is 1.62. The molecule has 144 valence electrons. The number of halogens is 1. The van der Waals surface area contributed by atoms with Gasteiger partial charge in [0.2, 0.25) is 5.91 Å². The van der Waals surface area contributed by atoms with Crippen molar-refractivity contribution < 1.29 is 9.59 Å². The molecule has 1 aromatic heterocycles. The van der Waals surface area contributed by atoms with Gasteiger partial charge >= 0.3 is 4.87 Å². The van der Waals surface area contributed by atoms with Gasteiger partial charge in [0.25, 0.3) is 0 Å². The van der Waals surface area contributed by atoms with Crippen LogP contribution in [0.25, 0.3) is 10.2 Å². The zero-order chi connectivity index (χ0) is 20.4. The van der Waals surface area contributed by atoms with Crippen molar-refractivity contribution in [3.8, 4) is 0 Å². The highest BCUT2D eigenvalue weighted by molar-refractivity contribution is 7.16. The van der Waals surface area contributed by atoms with Gasteiger partial charge in [0.1, 0.15) is 6.54 Å². The molecule has 0 aliphatic rings. The van der Waals surface area contributed by atoms with Crippen LogP contribution in [0.4, 0.5) is 5.69 Å². The van der Waals surface area contributed by atoms with E-state index in [-0.39, 0.29) is 23.1 Å². The minimum absolute atomic E-state index is 0.106. The zero-order valence-corrected chi connectivity index (χ0v) is 16.7. The summed E-state index contributed by atoms with van der Waals surface area (Å²) in [5.41, 5.74) is 2.12. The zero-order valence-electron chi connectivity index (χ0n) is 15.1. The van der Waals surface area contributed by atoms with Gasteiger partial charge in [-0.2, -0.15) is 0 Å². The molecule has 0 spiro atoms. The van der Waals surface area contributed by atoms with Crippen LogP contribution in [-0.2, 0) is 11.3 Å². The molecule has 0 saturated carbocycles. The Morgan fingerprint density at radius 1 is 0.966 bits per heavy atom. The molecule has 0 aliphatic carbocycles. The van der Waals surface area contributed by atoms with Crippen molar-refractivity contribution in [2.75, 3.05) is 5.32 Å². The molecule has 0 bridgehead atoms. The number of hydrogen-bond donors (Lipinski definition) is 1. The summed E-state index contributed by atoms with van der Waals surface area (Å²) in [4.78, 5) is 37.3. The molecule has 1 N–H and O–H groups in total. The van der Waals surface area contributed by atoms with Crippen LogP contribution in [0, 0.1) is 0 Å². The van der Waals surface area contributed by atoms with Gasteiger partial charge in [-0.3, -0.25) is 19.0 Å². The second kappa shape index (κ2) is 8.03. The Morgan fingerprint density at radius 3 is 2.45 bits per heavy atom. The molecule has 1 heterocycles. The number of anilines is 1. The van der Waals surface area contributed by atoms with Crippen molar-refractivity contribution >= 4 is 50.5 Å². The predicted octanol–water partition coefficient (Wildman–Crippen LogP) is 4.59. The first kappa shape index (κ1) is 19.1. The summed E-state index contributed by atoms with van der Waals surface area (Å²) in [5.74, 6) is -0.513. The van der Waals surface area contributed by atoms with Crippen LogP contribution in [0.3, 0.4) is 0 Å². The first-order chi connectivity index (χ1) is 14.0. The molecule has 4 aromatic rings. The minimum atomic E-state index is -0.297. The Bertz CT molecular complexity index is 1280. The summed E-state index contributed by atoms with van der Waals surface area (Å²) < 4.78 is 2.04.